The monoisotopic (exact) mass is 307 g/mol. The number of benzene rings is 1. The molecule has 0 radical (unpaired) electrons. The smallest absolute Gasteiger partial charge is 0.305 e. The minimum absolute atomic E-state index is 0.0380. The molecule has 1 fully saturated rings. The van der Waals surface area contributed by atoms with Crippen LogP contribution in [0.2, 0.25) is 0 Å². The van der Waals surface area contributed by atoms with Gasteiger partial charge in [-0.05, 0) is 43.2 Å². The van der Waals surface area contributed by atoms with Crippen molar-refractivity contribution in [3.05, 3.63) is 35.4 Å². The number of carbonyl (C=O) groups is 2. The number of amides is 1. The SMILES string of the molecule is CSCc1ccc(C(=O)N2CCCCC2CC(=O)O)cc1. The number of rotatable bonds is 5. The summed E-state index contributed by atoms with van der Waals surface area (Å²) in [5.74, 6) is 0.0477. The normalized spacial score (nSPS) is 18.5. The lowest BCUT2D eigenvalue weighted by atomic mass is 9.98. The summed E-state index contributed by atoms with van der Waals surface area (Å²) < 4.78 is 0. The van der Waals surface area contributed by atoms with Gasteiger partial charge in [0, 0.05) is 23.9 Å². The van der Waals surface area contributed by atoms with Crippen molar-refractivity contribution in [2.45, 2.75) is 37.5 Å². The van der Waals surface area contributed by atoms with E-state index in [0.29, 0.717) is 12.1 Å². The highest BCUT2D eigenvalue weighted by atomic mass is 32.2. The third-order valence-electron chi connectivity index (χ3n) is 3.81. The van der Waals surface area contributed by atoms with Gasteiger partial charge < -0.3 is 10.0 Å². The van der Waals surface area contributed by atoms with Gasteiger partial charge in [0.15, 0.2) is 0 Å². The standard InChI is InChI=1S/C16H21NO3S/c1-21-11-12-5-7-13(8-6-12)16(20)17-9-3-2-4-14(17)10-15(18)19/h5-8,14H,2-4,9-11H2,1H3,(H,18,19). The van der Waals surface area contributed by atoms with Crippen LogP contribution in [0.25, 0.3) is 0 Å². The van der Waals surface area contributed by atoms with E-state index in [9.17, 15) is 9.59 Å². The van der Waals surface area contributed by atoms with Gasteiger partial charge in [0.1, 0.15) is 0 Å². The van der Waals surface area contributed by atoms with E-state index in [1.165, 1.54) is 5.56 Å². The summed E-state index contributed by atoms with van der Waals surface area (Å²) in [6.07, 6.45) is 4.81. The van der Waals surface area contributed by atoms with E-state index in [1.54, 1.807) is 16.7 Å². The molecule has 1 saturated heterocycles. The highest BCUT2D eigenvalue weighted by Crippen LogP contribution is 2.22. The number of carboxylic acids is 1. The van der Waals surface area contributed by atoms with E-state index in [1.807, 2.05) is 30.5 Å². The Kier molecular flexibility index (Phi) is 5.67. The molecule has 0 saturated carbocycles. The van der Waals surface area contributed by atoms with Crippen molar-refractivity contribution in [2.75, 3.05) is 12.8 Å². The number of carboxylic acid groups (broad SMARTS) is 1. The molecule has 1 unspecified atom stereocenters. The van der Waals surface area contributed by atoms with Crippen molar-refractivity contribution in [3.63, 3.8) is 0 Å². The maximum atomic E-state index is 12.6. The van der Waals surface area contributed by atoms with Crippen molar-refractivity contribution < 1.29 is 14.7 Å². The van der Waals surface area contributed by atoms with Crippen molar-refractivity contribution in [2.24, 2.45) is 0 Å². The summed E-state index contributed by atoms with van der Waals surface area (Å²) in [5, 5.41) is 8.99. The van der Waals surface area contributed by atoms with Crippen molar-refractivity contribution in [1.29, 1.82) is 0 Å². The number of likely N-dealkylation sites (tertiary alicyclic amines) is 1. The highest BCUT2D eigenvalue weighted by Gasteiger charge is 2.28. The van der Waals surface area contributed by atoms with Gasteiger partial charge in [0.05, 0.1) is 6.42 Å². The van der Waals surface area contributed by atoms with Crippen LogP contribution in [0.15, 0.2) is 24.3 Å². The minimum Gasteiger partial charge on any atom is -0.481 e. The molecular formula is C16H21NO3S. The minimum atomic E-state index is -0.838. The van der Waals surface area contributed by atoms with Gasteiger partial charge in [-0.2, -0.15) is 11.8 Å². The summed E-state index contributed by atoms with van der Waals surface area (Å²) in [6.45, 7) is 0.656. The third kappa shape index (κ3) is 4.24. The lowest BCUT2D eigenvalue weighted by molar-refractivity contribution is -0.138. The lowest BCUT2D eigenvalue weighted by Gasteiger charge is -2.35. The summed E-state index contributed by atoms with van der Waals surface area (Å²) in [6, 6.07) is 7.47. The van der Waals surface area contributed by atoms with E-state index in [0.717, 1.165) is 25.0 Å². The van der Waals surface area contributed by atoms with Crippen LogP contribution in [0.3, 0.4) is 0 Å². The van der Waals surface area contributed by atoms with Crippen LogP contribution < -0.4 is 0 Å². The molecule has 1 amide bonds. The van der Waals surface area contributed by atoms with E-state index in [2.05, 4.69) is 0 Å². The van der Waals surface area contributed by atoms with E-state index in [4.69, 9.17) is 5.11 Å². The first kappa shape index (κ1) is 15.9. The molecule has 4 nitrogen and oxygen atoms in total. The molecule has 5 heteroatoms. The average Bonchev–Trinajstić information content (AvgIpc) is 2.48. The van der Waals surface area contributed by atoms with Gasteiger partial charge in [-0.1, -0.05) is 12.1 Å². The van der Waals surface area contributed by atoms with E-state index < -0.39 is 5.97 Å². The number of nitrogens with zero attached hydrogens (tertiary/aromatic N) is 1. The zero-order valence-electron chi connectivity index (χ0n) is 12.2. The lowest BCUT2D eigenvalue weighted by Crippen LogP contribution is -2.44. The maximum Gasteiger partial charge on any atom is 0.305 e. The molecule has 1 N–H and O–H groups in total. The highest BCUT2D eigenvalue weighted by molar-refractivity contribution is 7.97. The van der Waals surface area contributed by atoms with Gasteiger partial charge >= 0.3 is 5.97 Å². The number of hydrogen-bond acceptors (Lipinski definition) is 3. The molecule has 1 heterocycles. The summed E-state index contributed by atoms with van der Waals surface area (Å²) >= 11 is 1.74. The fraction of sp³-hybridized carbons (Fsp3) is 0.500. The van der Waals surface area contributed by atoms with Crippen molar-refractivity contribution in [1.82, 2.24) is 4.90 Å². The van der Waals surface area contributed by atoms with Gasteiger partial charge in [0.25, 0.3) is 5.91 Å². The molecule has 0 bridgehead atoms. The third-order valence-corrected chi connectivity index (χ3v) is 4.43. The van der Waals surface area contributed by atoms with E-state index in [-0.39, 0.29) is 18.4 Å². The van der Waals surface area contributed by atoms with Crippen LogP contribution >= 0.6 is 11.8 Å². The number of carbonyl (C=O) groups excluding carboxylic acids is 1. The maximum absolute atomic E-state index is 12.6. The van der Waals surface area contributed by atoms with Crippen LogP contribution in [-0.2, 0) is 10.5 Å². The summed E-state index contributed by atoms with van der Waals surface area (Å²) in [7, 11) is 0. The fourth-order valence-corrected chi connectivity index (χ4v) is 3.28. The molecule has 114 valence electrons. The Bertz CT molecular complexity index is 501. The Balaban J connectivity index is 2.10. The average molecular weight is 307 g/mol. The first-order valence-electron chi connectivity index (χ1n) is 7.22. The Labute approximate surface area is 129 Å². The van der Waals surface area contributed by atoms with Gasteiger partial charge in [-0.25, -0.2) is 0 Å². The zero-order chi connectivity index (χ0) is 15.2. The van der Waals surface area contributed by atoms with Crippen molar-refractivity contribution in [3.8, 4) is 0 Å². The second-order valence-corrected chi connectivity index (χ2v) is 6.24. The molecule has 1 atom stereocenters. The van der Waals surface area contributed by atoms with Gasteiger partial charge in [0.2, 0.25) is 0 Å². The molecule has 1 aromatic carbocycles. The predicted octanol–water partition coefficient (Wildman–Crippen LogP) is 3.02. The number of piperidine rings is 1. The second-order valence-electron chi connectivity index (χ2n) is 5.38. The largest absolute Gasteiger partial charge is 0.481 e. The van der Waals surface area contributed by atoms with Crippen molar-refractivity contribution >= 4 is 23.6 Å². The first-order valence-corrected chi connectivity index (χ1v) is 8.62. The molecule has 21 heavy (non-hydrogen) atoms. The molecule has 1 aromatic rings. The second kappa shape index (κ2) is 7.50. The van der Waals surface area contributed by atoms with Crippen LogP contribution in [-0.4, -0.2) is 40.7 Å². The Morgan fingerprint density at radius 2 is 2.00 bits per heavy atom. The number of aliphatic carboxylic acids is 1. The van der Waals surface area contributed by atoms with Crippen LogP contribution in [0.4, 0.5) is 0 Å². The molecule has 0 spiro atoms. The first-order chi connectivity index (χ1) is 10.1. The van der Waals surface area contributed by atoms with Gasteiger partial charge in [-0.3, -0.25) is 9.59 Å². The number of hydrogen-bond donors (Lipinski definition) is 1. The molecule has 1 aliphatic rings. The molecule has 0 aromatic heterocycles. The molecule has 2 rings (SSSR count). The van der Waals surface area contributed by atoms with Crippen LogP contribution in [0, 0.1) is 0 Å². The predicted molar refractivity (Wildman–Crippen MR) is 84.6 cm³/mol. The summed E-state index contributed by atoms with van der Waals surface area (Å²) in [5.41, 5.74) is 1.84. The molecule has 0 aliphatic carbocycles. The topological polar surface area (TPSA) is 57.6 Å². The number of thioether (sulfide) groups is 1. The van der Waals surface area contributed by atoms with Crippen LogP contribution in [0.5, 0.6) is 0 Å². The Hall–Kier alpha value is -1.49. The zero-order valence-corrected chi connectivity index (χ0v) is 13.1. The van der Waals surface area contributed by atoms with Crippen LogP contribution in [0.1, 0.15) is 41.6 Å². The summed E-state index contributed by atoms with van der Waals surface area (Å²) in [4.78, 5) is 25.3. The quantitative estimate of drug-likeness (QED) is 0.908. The molecular weight excluding hydrogens is 286 g/mol. The fourth-order valence-electron chi connectivity index (χ4n) is 2.76. The molecule has 1 aliphatic heterocycles. The van der Waals surface area contributed by atoms with Gasteiger partial charge in [-0.15, -0.1) is 0 Å². The van der Waals surface area contributed by atoms with E-state index >= 15 is 0 Å². The Morgan fingerprint density at radius 3 is 2.62 bits per heavy atom. The Morgan fingerprint density at radius 1 is 1.29 bits per heavy atom.